The fourth-order valence-electron chi connectivity index (χ4n) is 6.76. The highest BCUT2D eigenvalue weighted by atomic mass is 16.3. The van der Waals surface area contributed by atoms with Crippen molar-refractivity contribution in [2.24, 2.45) is 0 Å². The van der Waals surface area contributed by atoms with Gasteiger partial charge in [0.25, 0.3) is 0 Å². The van der Waals surface area contributed by atoms with Crippen LogP contribution >= 0.6 is 0 Å². The molecule has 3 nitrogen and oxygen atoms in total. The monoisotopic (exact) mass is 588 g/mol. The highest BCUT2D eigenvalue weighted by molar-refractivity contribution is 6.13. The Bertz CT molecular complexity index is 2570. The molecule has 0 aliphatic carbocycles. The average Bonchev–Trinajstić information content (AvgIpc) is 3.51. The molecule has 0 aliphatic heterocycles. The van der Waals surface area contributed by atoms with Gasteiger partial charge < -0.3 is 4.42 Å². The van der Waals surface area contributed by atoms with Gasteiger partial charge in [0, 0.05) is 38.4 Å². The number of hydrogen-bond acceptors (Lipinski definition) is 3. The number of pyridine rings is 2. The Morgan fingerprint density at radius 3 is 1.70 bits per heavy atom. The van der Waals surface area contributed by atoms with Gasteiger partial charge in [-0.1, -0.05) is 133 Å². The van der Waals surface area contributed by atoms with Gasteiger partial charge in [0.15, 0.2) is 0 Å². The largest absolute Gasteiger partial charge is 0.455 e. The van der Waals surface area contributed by atoms with E-state index in [1.807, 2.05) is 12.1 Å². The molecule has 6 aromatic carbocycles. The third kappa shape index (κ3) is 4.28. The molecule has 3 heterocycles. The van der Waals surface area contributed by atoms with E-state index < -0.39 is 0 Å². The molecule has 0 saturated carbocycles. The summed E-state index contributed by atoms with van der Waals surface area (Å²) >= 11 is 0. The average molecular weight is 589 g/mol. The van der Waals surface area contributed by atoms with Gasteiger partial charge in [-0.05, 0) is 52.9 Å². The standard InChI is InChI=1S/C43H28N2O/c1-27-25-37(28-11-4-2-5-12-28)34-23-24-35-38(29-13-6-3-7-14-29)26-39(45-42(35)41(34)44-27)31-21-19-30(20-22-31)32-16-10-17-36-33-15-8-9-18-40(33)46-43(32)36/h2-26H,1H3. The molecular weight excluding hydrogens is 560 g/mol. The van der Waals surface area contributed by atoms with Gasteiger partial charge in [-0.25, -0.2) is 4.98 Å². The minimum Gasteiger partial charge on any atom is -0.455 e. The van der Waals surface area contributed by atoms with Crippen LogP contribution in [0.3, 0.4) is 0 Å². The summed E-state index contributed by atoms with van der Waals surface area (Å²) in [5, 5.41) is 4.46. The van der Waals surface area contributed by atoms with Crippen molar-refractivity contribution in [2.75, 3.05) is 0 Å². The number of para-hydroxylation sites is 2. The van der Waals surface area contributed by atoms with E-state index in [1.54, 1.807) is 0 Å². The van der Waals surface area contributed by atoms with Crippen LogP contribution in [0.5, 0.6) is 0 Å². The topological polar surface area (TPSA) is 38.9 Å². The maximum atomic E-state index is 6.34. The van der Waals surface area contributed by atoms with Crippen LogP contribution in [0.1, 0.15) is 5.69 Å². The fourth-order valence-corrected chi connectivity index (χ4v) is 6.76. The summed E-state index contributed by atoms with van der Waals surface area (Å²) in [6.07, 6.45) is 0. The summed E-state index contributed by atoms with van der Waals surface area (Å²) < 4.78 is 6.34. The number of furan rings is 1. The van der Waals surface area contributed by atoms with Gasteiger partial charge in [-0.3, -0.25) is 4.98 Å². The van der Waals surface area contributed by atoms with Crippen LogP contribution in [0.15, 0.2) is 156 Å². The lowest BCUT2D eigenvalue weighted by atomic mass is 9.94. The molecule has 0 amide bonds. The molecule has 0 fully saturated rings. The van der Waals surface area contributed by atoms with Gasteiger partial charge in [0.1, 0.15) is 11.2 Å². The zero-order valence-corrected chi connectivity index (χ0v) is 25.2. The maximum Gasteiger partial charge on any atom is 0.143 e. The number of hydrogen-bond donors (Lipinski definition) is 0. The first-order valence-electron chi connectivity index (χ1n) is 15.6. The summed E-state index contributed by atoms with van der Waals surface area (Å²) in [4.78, 5) is 10.4. The second kappa shape index (κ2) is 10.5. The Morgan fingerprint density at radius 2 is 0.978 bits per heavy atom. The van der Waals surface area contributed by atoms with Crippen molar-refractivity contribution in [3.63, 3.8) is 0 Å². The lowest BCUT2D eigenvalue weighted by Gasteiger charge is -2.15. The van der Waals surface area contributed by atoms with Crippen LogP contribution in [-0.4, -0.2) is 9.97 Å². The van der Waals surface area contributed by atoms with E-state index in [-0.39, 0.29) is 0 Å². The molecule has 0 bridgehead atoms. The molecule has 9 aromatic rings. The summed E-state index contributed by atoms with van der Waals surface area (Å²) in [5.41, 5.74) is 13.4. The zero-order chi connectivity index (χ0) is 30.6. The molecule has 9 rings (SSSR count). The molecule has 0 saturated heterocycles. The second-order valence-electron chi connectivity index (χ2n) is 11.8. The zero-order valence-electron chi connectivity index (χ0n) is 25.2. The van der Waals surface area contributed by atoms with Gasteiger partial charge in [-0.2, -0.15) is 0 Å². The molecule has 46 heavy (non-hydrogen) atoms. The van der Waals surface area contributed by atoms with Crippen molar-refractivity contribution in [1.29, 1.82) is 0 Å². The van der Waals surface area contributed by atoms with Crippen molar-refractivity contribution in [3.8, 4) is 44.6 Å². The first-order chi connectivity index (χ1) is 22.7. The summed E-state index contributed by atoms with van der Waals surface area (Å²) in [5.74, 6) is 0. The van der Waals surface area contributed by atoms with E-state index in [1.165, 1.54) is 11.1 Å². The van der Waals surface area contributed by atoms with Gasteiger partial charge in [-0.15, -0.1) is 0 Å². The number of aryl methyl sites for hydroxylation is 1. The summed E-state index contributed by atoms with van der Waals surface area (Å²) in [7, 11) is 0. The first-order valence-corrected chi connectivity index (χ1v) is 15.6. The van der Waals surface area contributed by atoms with Crippen molar-refractivity contribution < 1.29 is 4.42 Å². The number of aromatic nitrogens is 2. The van der Waals surface area contributed by atoms with E-state index in [4.69, 9.17) is 14.4 Å². The normalized spacial score (nSPS) is 11.6. The molecule has 0 spiro atoms. The van der Waals surface area contributed by atoms with E-state index in [9.17, 15) is 0 Å². The number of rotatable bonds is 4. The summed E-state index contributed by atoms with van der Waals surface area (Å²) in [6.45, 7) is 2.06. The lowest BCUT2D eigenvalue weighted by Crippen LogP contribution is -1.95. The molecule has 0 aliphatic rings. The highest BCUT2D eigenvalue weighted by Crippen LogP contribution is 2.39. The molecule has 0 N–H and O–H groups in total. The van der Waals surface area contributed by atoms with Crippen LogP contribution in [0, 0.1) is 6.92 Å². The number of nitrogens with zero attached hydrogens (tertiary/aromatic N) is 2. The Hall–Kier alpha value is -6.06. The van der Waals surface area contributed by atoms with Crippen LogP contribution < -0.4 is 0 Å². The molecule has 216 valence electrons. The van der Waals surface area contributed by atoms with Crippen molar-refractivity contribution >= 4 is 43.7 Å². The quantitative estimate of drug-likeness (QED) is 0.192. The van der Waals surface area contributed by atoms with Gasteiger partial charge in [0.2, 0.25) is 0 Å². The molecule has 3 heteroatoms. The van der Waals surface area contributed by atoms with Crippen LogP contribution in [0.4, 0.5) is 0 Å². The Morgan fingerprint density at radius 1 is 0.413 bits per heavy atom. The maximum absolute atomic E-state index is 6.34. The third-order valence-electron chi connectivity index (χ3n) is 8.95. The van der Waals surface area contributed by atoms with Gasteiger partial charge >= 0.3 is 0 Å². The Labute approximate surface area is 266 Å². The van der Waals surface area contributed by atoms with E-state index >= 15 is 0 Å². The van der Waals surface area contributed by atoms with Crippen molar-refractivity contribution in [1.82, 2.24) is 9.97 Å². The molecule has 0 radical (unpaired) electrons. The van der Waals surface area contributed by atoms with Crippen molar-refractivity contribution in [2.45, 2.75) is 6.92 Å². The van der Waals surface area contributed by atoms with E-state index in [0.29, 0.717) is 0 Å². The Balaban J connectivity index is 1.24. The van der Waals surface area contributed by atoms with E-state index in [0.717, 1.165) is 82.9 Å². The van der Waals surface area contributed by atoms with E-state index in [2.05, 4.69) is 146 Å². The number of benzene rings is 6. The third-order valence-corrected chi connectivity index (χ3v) is 8.95. The second-order valence-corrected chi connectivity index (χ2v) is 11.8. The predicted molar refractivity (Wildman–Crippen MR) is 191 cm³/mol. The van der Waals surface area contributed by atoms with Crippen molar-refractivity contribution in [3.05, 3.63) is 157 Å². The predicted octanol–water partition coefficient (Wildman–Crippen LogP) is 11.7. The minimum absolute atomic E-state index is 0.905. The van der Waals surface area contributed by atoms with Crippen LogP contribution in [-0.2, 0) is 0 Å². The van der Waals surface area contributed by atoms with Gasteiger partial charge in [0.05, 0.1) is 16.7 Å². The Kier molecular flexibility index (Phi) is 6.04. The number of fused-ring (bicyclic) bond motifs is 6. The van der Waals surface area contributed by atoms with Crippen LogP contribution in [0.25, 0.3) is 88.4 Å². The highest BCUT2D eigenvalue weighted by Gasteiger charge is 2.17. The molecule has 3 aromatic heterocycles. The molecule has 0 atom stereocenters. The lowest BCUT2D eigenvalue weighted by molar-refractivity contribution is 0.670. The van der Waals surface area contributed by atoms with Crippen LogP contribution in [0.2, 0.25) is 0 Å². The smallest absolute Gasteiger partial charge is 0.143 e. The first kappa shape index (κ1) is 26.4. The fraction of sp³-hybridized carbons (Fsp3) is 0.0233. The molecule has 0 unspecified atom stereocenters. The summed E-state index contributed by atoms with van der Waals surface area (Å²) in [6, 6.07) is 53.2. The minimum atomic E-state index is 0.905. The SMILES string of the molecule is Cc1cc(-c2ccccc2)c2ccc3c(-c4ccccc4)cc(-c4ccc(-c5cccc6c5oc5ccccc56)cc4)nc3c2n1. The molecular formula is C43H28N2O.